The largest absolute Gasteiger partial charge is 0.481 e. The number of hydrogen-bond acceptors (Lipinski definition) is 4. The first kappa shape index (κ1) is 11.8. The van der Waals surface area contributed by atoms with Gasteiger partial charge in [0.2, 0.25) is 0 Å². The zero-order chi connectivity index (χ0) is 11.6. The summed E-state index contributed by atoms with van der Waals surface area (Å²) in [6.07, 6.45) is 1.58. The van der Waals surface area contributed by atoms with E-state index in [9.17, 15) is 15.0 Å². The number of hydrogen-bond donors (Lipinski definition) is 2. The number of carboxylic acid groups (broad SMARTS) is 1. The van der Waals surface area contributed by atoms with Crippen molar-refractivity contribution in [2.75, 3.05) is 26.4 Å². The molecule has 2 N–H and O–H groups in total. The van der Waals surface area contributed by atoms with Crippen LogP contribution in [0.1, 0.15) is 25.7 Å². The summed E-state index contributed by atoms with van der Waals surface area (Å²) in [4.78, 5) is 11.5. The molecule has 5 heteroatoms. The van der Waals surface area contributed by atoms with Crippen molar-refractivity contribution in [2.24, 2.45) is 5.41 Å². The molecule has 0 aliphatic carbocycles. The number of aliphatic hydroxyl groups is 1. The molecule has 5 nitrogen and oxygen atoms in total. The Morgan fingerprint density at radius 3 is 1.81 bits per heavy atom. The molecule has 2 heterocycles. The van der Waals surface area contributed by atoms with E-state index in [1.54, 1.807) is 0 Å². The van der Waals surface area contributed by atoms with Crippen molar-refractivity contribution in [3.05, 3.63) is 0 Å². The number of carboxylic acids is 1. The molecule has 0 amide bonds. The second-order valence-electron chi connectivity index (χ2n) is 4.64. The first-order chi connectivity index (χ1) is 7.61. The van der Waals surface area contributed by atoms with Crippen molar-refractivity contribution in [3.63, 3.8) is 0 Å². The molecule has 2 saturated heterocycles. The van der Waals surface area contributed by atoms with E-state index >= 15 is 0 Å². The Morgan fingerprint density at radius 1 is 0.938 bits per heavy atom. The molecular formula is C11H18O5. The monoisotopic (exact) mass is 230 g/mol. The predicted molar refractivity (Wildman–Crippen MR) is 55.1 cm³/mol. The maximum absolute atomic E-state index is 11.5. The Morgan fingerprint density at radius 2 is 1.38 bits per heavy atom. The van der Waals surface area contributed by atoms with Crippen LogP contribution in [0.5, 0.6) is 0 Å². The van der Waals surface area contributed by atoms with Crippen LogP contribution < -0.4 is 0 Å². The minimum absolute atomic E-state index is 0.388. The van der Waals surface area contributed by atoms with Crippen LogP contribution in [-0.4, -0.2) is 48.2 Å². The maximum Gasteiger partial charge on any atom is 0.312 e. The van der Waals surface area contributed by atoms with Crippen molar-refractivity contribution < 1.29 is 24.5 Å². The highest BCUT2D eigenvalue weighted by molar-refractivity contribution is 5.76. The van der Waals surface area contributed by atoms with E-state index in [4.69, 9.17) is 9.47 Å². The fraction of sp³-hybridized carbons (Fsp3) is 0.909. The summed E-state index contributed by atoms with van der Waals surface area (Å²) < 4.78 is 10.4. The predicted octanol–water partition coefficient (Wildman–Crippen LogP) is 0.409. The zero-order valence-electron chi connectivity index (χ0n) is 9.28. The molecule has 2 aliphatic heterocycles. The van der Waals surface area contributed by atoms with E-state index in [-0.39, 0.29) is 0 Å². The minimum atomic E-state index is -1.14. The quantitative estimate of drug-likeness (QED) is 0.718. The molecule has 0 unspecified atom stereocenters. The molecule has 2 fully saturated rings. The number of carbonyl (C=O) groups is 1. The van der Waals surface area contributed by atoms with E-state index in [0.29, 0.717) is 52.1 Å². The van der Waals surface area contributed by atoms with Gasteiger partial charge in [-0.3, -0.25) is 4.79 Å². The number of ether oxygens (including phenoxy) is 2. The maximum atomic E-state index is 11.5. The third-order valence-corrected chi connectivity index (χ3v) is 3.97. The first-order valence-corrected chi connectivity index (χ1v) is 5.72. The van der Waals surface area contributed by atoms with E-state index in [1.807, 2.05) is 0 Å². The summed E-state index contributed by atoms with van der Waals surface area (Å²) in [6.45, 7) is 1.70. The van der Waals surface area contributed by atoms with Crippen molar-refractivity contribution in [1.82, 2.24) is 0 Å². The van der Waals surface area contributed by atoms with Crippen LogP contribution in [0.3, 0.4) is 0 Å². The van der Waals surface area contributed by atoms with Crippen molar-refractivity contribution >= 4 is 5.97 Å². The SMILES string of the molecule is O=C(O)C1(C2(O)CCOCC2)CCOCC1. The van der Waals surface area contributed by atoms with Crippen LogP contribution in [0.25, 0.3) is 0 Å². The summed E-state index contributed by atoms with van der Waals surface area (Å²) in [6, 6.07) is 0. The van der Waals surface area contributed by atoms with Crippen LogP contribution >= 0.6 is 0 Å². The van der Waals surface area contributed by atoms with Crippen LogP contribution in [0, 0.1) is 5.41 Å². The van der Waals surface area contributed by atoms with E-state index in [2.05, 4.69) is 0 Å². The van der Waals surface area contributed by atoms with E-state index < -0.39 is 17.0 Å². The molecule has 0 radical (unpaired) electrons. The average molecular weight is 230 g/mol. The molecule has 0 saturated carbocycles. The molecule has 2 rings (SSSR count). The van der Waals surface area contributed by atoms with Gasteiger partial charge in [0.1, 0.15) is 5.41 Å². The Balaban J connectivity index is 2.26. The summed E-state index contributed by atoms with van der Waals surface area (Å²) in [5.74, 6) is -0.903. The Kier molecular flexibility index (Phi) is 3.19. The van der Waals surface area contributed by atoms with Crippen molar-refractivity contribution in [1.29, 1.82) is 0 Å². The van der Waals surface area contributed by atoms with Gasteiger partial charge in [-0.25, -0.2) is 0 Å². The standard InChI is InChI=1S/C11H18O5/c12-9(13)10(1-5-15-6-2-10)11(14)3-7-16-8-4-11/h14H,1-8H2,(H,12,13). The highest BCUT2D eigenvalue weighted by atomic mass is 16.5. The third-order valence-electron chi connectivity index (χ3n) is 3.97. The summed E-state index contributed by atoms with van der Waals surface area (Å²) in [5, 5.41) is 20.1. The lowest BCUT2D eigenvalue weighted by Gasteiger charge is -2.48. The third kappa shape index (κ3) is 1.73. The smallest absolute Gasteiger partial charge is 0.312 e. The fourth-order valence-electron chi connectivity index (χ4n) is 2.79. The second kappa shape index (κ2) is 4.31. The van der Waals surface area contributed by atoms with Crippen molar-refractivity contribution in [2.45, 2.75) is 31.3 Å². The lowest BCUT2D eigenvalue weighted by molar-refractivity contribution is -0.199. The lowest BCUT2D eigenvalue weighted by atomic mass is 9.63. The van der Waals surface area contributed by atoms with Crippen molar-refractivity contribution in [3.8, 4) is 0 Å². The molecule has 0 spiro atoms. The molecular weight excluding hydrogens is 212 g/mol. The van der Waals surface area contributed by atoms with Gasteiger partial charge in [-0.1, -0.05) is 0 Å². The van der Waals surface area contributed by atoms with Gasteiger partial charge in [-0.15, -0.1) is 0 Å². The van der Waals surface area contributed by atoms with E-state index in [1.165, 1.54) is 0 Å². The summed E-state index contributed by atoms with van der Waals surface area (Å²) >= 11 is 0. The Bertz CT molecular complexity index is 264. The molecule has 0 bridgehead atoms. The summed E-state index contributed by atoms with van der Waals surface area (Å²) in [5.41, 5.74) is -2.18. The molecule has 92 valence electrons. The van der Waals surface area contributed by atoms with Gasteiger partial charge in [-0.2, -0.15) is 0 Å². The van der Waals surface area contributed by atoms with Gasteiger partial charge in [0.15, 0.2) is 0 Å². The molecule has 0 atom stereocenters. The zero-order valence-corrected chi connectivity index (χ0v) is 9.28. The highest BCUT2D eigenvalue weighted by Crippen LogP contribution is 2.46. The first-order valence-electron chi connectivity index (χ1n) is 5.72. The van der Waals surface area contributed by atoms with Crippen LogP contribution in [0.2, 0.25) is 0 Å². The highest BCUT2D eigenvalue weighted by Gasteiger charge is 2.56. The summed E-state index contributed by atoms with van der Waals surface area (Å²) in [7, 11) is 0. The van der Waals surface area contributed by atoms with Gasteiger partial charge in [0, 0.05) is 39.3 Å². The van der Waals surface area contributed by atoms with Crippen LogP contribution in [0.15, 0.2) is 0 Å². The number of rotatable bonds is 2. The average Bonchev–Trinajstić information content (AvgIpc) is 2.30. The second-order valence-corrected chi connectivity index (χ2v) is 4.64. The fourth-order valence-corrected chi connectivity index (χ4v) is 2.79. The topological polar surface area (TPSA) is 76.0 Å². The Hall–Kier alpha value is -0.650. The van der Waals surface area contributed by atoms with Gasteiger partial charge in [-0.05, 0) is 12.8 Å². The van der Waals surface area contributed by atoms with Gasteiger partial charge in [0.05, 0.1) is 5.60 Å². The Labute approximate surface area is 94.4 Å². The molecule has 2 aliphatic rings. The van der Waals surface area contributed by atoms with E-state index in [0.717, 1.165) is 0 Å². The minimum Gasteiger partial charge on any atom is -0.481 e. The van der Waals surface area contributed by atoms with Gasteiger partial charge in [0.25, 0.3) is 0 Å². The molecule has 0 aromatic heterocycles. The molecule has 0 aromatic rings. The normalized spacial score (nSPS) is 28.6. The molecule has 16 heavy (non-hydrogen) atoms. The van der Waals surface area contributed by atoms with Crippen LogP contribution in [-0.2, 0) is 14.3 Å². The number of aliphatic carboxylic acids is 1. The van der Waals surface area contributed by atoms with Gasteiger partial charge < -0.3 is 19.7 Å². The van der Waals surface area contributed by atoms with Crippen LogP contribution in [0.4, 0.5) is 0 Å². The lowest BCUT2D eigenvalue weighted by Crippen LogP contribution is -2.58. The van der Waals surface area contributed by atoms with Gasteiger partial charge >= 0.3 is 5.97 Å². The molecule has 0 aromatic carbocycles.